The summed E-state index contributed by atoms with van der Waals surface area (Å²) < 4.78 is 24.1. The van der Waals surface area contributed by atoms with Gasteiger partial charge in [0.2, 0.25) is 5.91 Å². The maximum absolute atomic E-state index is 12.4. The summed E-state index contributed by atoms with van der Waals surface area (Å²) in [6, 6.07) is 10.5. The summed E-state index contributed by atoms with van der Waals surface area (Å²) in [7, 11) is -3.30. The van der Waals surface area contributed by atoms with Gasteiger partial charge in [0.25, 0.3) is 0 Å². The Morgan fingerprint density at radius 2 is 1.81 bits per heavy atom. The van der Waals surface area contributed by atoms with Crippen LogP contribution in [0.3, 0.4) is 0 Å². The highest BCUT2D eigenvalue weighted by Gasteiger charge is 2.24. The Kier molecular flexibility index (Phi) is 8.10. The topological polar surface area (TPSA) is 57.7 Å². The standard InChI is InChI=1S/C20H32N2O3S/c1-18(2)16-26(24,25)17-20(23)22-13-7-12-21(14-15-22)11-6-10-19-8-4-3-5-9-19/h3-5,8-9,18H,6-7,10-17H2,1-2H3. The summed E-state index contributed by atoms with van der Waals surface area (Å²) >= 11 is 0. The Bertz CT molecular complexity index is 659. The molecular formula is C20H32N2O3S. The maximum Gasteiger partial charge on any atom is 0.237 e. The van der Waals surface area contributed by atoms with Gasteiger partial charge < -0.3 is 9.80 Å². The summed E-state index contributed by atoms with van der Waals surface area (Å²) in [5.41, 5.74) is 1.36. The first-order chi connectivity index (χ1) is 12.4. The van der Waals surface area contributed by atoms with Crippen molar-refractivity contribution in [1.29, 1.82) is 0 Å². The Morgan fingerprint density at radius 3 is 2.50 bits per heavy atom. The molecule has 1 aliphatic heterocycles. The molecule has 5 nitrogen and oxygen atoms in total. The molecular weight excluding hydrogens is 348 g/mol. The van der Waals surface area contributed by atoms with Gasteiger partial charge in [0, 0.05) is 19.6 Å². The molecule has 1 heterocycles. The summed E-state index contributed by atoms with van der Waals surface area (Å²) in [5.74, 6) is -0.453. The molecule has 1 fully saturated rings. The van der Waals surface area contributed by atoms with E-state index in [1.807, 2.05) is 19.9 Å². The minimum absolute atomic E-state index is 0.0528. The van der Waals surface area contributed by atoms with Crippen LogP contribution in [0.4, 0.5) is 0 Å². The molecule has 0 unspecified atom stereocenters. The molecule has 146 valence electrons. The van der Waals surface area contributed by atoms with Crippen LogP contribution in [0.15, 0.2) is 30.3 Å². The first kappa shape index (κ1) is 20.9. The molecule has 0 N–H and O–H groups in total. The van der Waals surface area contributed by atoms with E-state index in [0.29, 0.717) is 13.1 Å². The maximum atomic E-state index is 12.4. The number of hydrogen-bond donors (Lipinski definition) is 0. The van der Waals surface area contributed by atoms with E-state index in [0.717, 1.165) is 38.9 Å². The van der Waals surface area contributed by atoms with E-state index in [1.165, 1.54) is 5.56 Å². The SMILES string of the molecule is CC(C)CS(=O)(=O)CC(=O)N1CCCN(CCCc2ccccc2)CC1. The lowest BCUT2D eigenvalue weighted by molar-refractivity contribution is -0.128. The van der Waals surface area contributed by atoms with Gasteiger partial charge in [-0.2, -0.15) is 0 Å². The highest BCUT2D eigenvalue weighted by molar-refractivity contribution is 7.92. The van der Waals surface area contributed by atoms with E-state index in [-0.39, 0.29) is 23.3 Å². The molecule has 1 aliphatic rings. The number of rotatable bonds is 8. The third kappa shape index (κ3) is 7.46. The second-order valence-electron chi connectivity index (χ2n) is 7.61. The molecule has 2 rings (SSSR count). The van der Waals surface area contributed by atoms with Gasteiger partial charge in [0.05, 0.1) is 5.75 Å². The average molecular weight is 381 g/mol. The van der Waals surface area contributed by atoms with Crippen molar-refractivity contribution in [3.8, 4) is 0 Å². The smallest absolute Gasteiger partial charge is 0.237 e. The fourth-order valence-electron chi connectivity index (χ4n) is 3.44. The molecule has 0 spiro atoms. The normalized spacial score (nSPS) is 16.7. The predicted molar refractivity (Wildman–Crippen MR) is 106 cm³/mol. The fourth-order valence-corrected chi connectivity index (χ4v) is 5.13. The number of nitrogens with zero attached hydrogens (tertiary/aromatic N) is 2. The predicted octanol–water partition coefficient (Wildman–Crippen LogP) is 2.22. The van der Waals surface area contributed by atoms with Gasteiger partial charge in [-0.3, -0.25) is 4.79 Å². The Labute approximate surface area is 158 Å². The quantitative estimate of drug-likeness (QED) is 0.694. The van der Waals surface area contributed by atoms with Crippen LogP contribution in [-0.2, 0) is 21.1 Å². The van der Waals surface area contributed by atoms with E-state index in [2.05, 4.69) is 29.2 Å². The number of benzene rings is 1. The lowest BCUT2D eigenvalue weighted by atomic mass is 10.1. The van der Waals surface area contributed by atoms with Crippen LogP contribution in [-0.4, -0.2) is 68.4 Å². The number of hydrogen-bond acceptors (Lipinski definition) is 4. The van der Waals surface area contributed by atoms with E-state index >= 15 is 0 Å². The number of aryl methyl sites for hydroxylation is 1. The van der Waals surface area contributed by atoms with Gasteiger partial charge in [0.15, 0.2) is 9.84 Å². The van der Waals surface area contributed by atoms with Crippen molar-refractivity contribution in [2.45, 2.75) is 33.1 Å². The first-order valence-corrected chi connectivity index (χ1v) is 11.4. The summed E-state index contributed by atoms with van der Waals surface area (Å²) in [5, 5.41) is 0. The number of sulfone groups is 1. The molecule has 1 aromatic rings. The van der Waals surface area contributed by atoms with Crippen molar-refractivity contribution < 1.29 is 13.2 Å². The number of carbonyl (C=O) groups is 1. The van der Waals surface area contributed by atoms with Crippen molar-refractivity contribution in [3.05, 3.63) is 35.9 Å². The molecule has 0 saturated carbocycles. The Morgan fingerprint density at radius 1 is 1.08 bits per heavy atom. The second-order valence-corrected chi connectivity index (χ2v) is 9.72. The second kappa shape index (κ2) is 10.1. The molecule has 1 saturated heterocycles. The molecule has 1 amide bonds. The van der Waals surface area contributed by atoms with Crippen molar-refractivity contribution in [2.75, 3.05) is 44.2 Å². The molecule has 0 aliphatic carbocycles. The van der Waals surface area contributed by atoms with Crippen LogP contribution in [0.5, 0.6) is 0 Å². The first-order valence-electron chi connectivity index (χ1n) is 9.60. The summed E-state index contributed by atoms with van der Waals surface area (Å²) in [6.07, 6.45) is 3.06. The molecule has 26 heavy (non-hydrogen) atoms. The molecule has 0 atom stereocenters. The molecule has 0 radical (unpaired) electrons. The minimum Gasteiger partial charge on any atom is -0.340 e. The number of amides is 1. The fraction of sp³-hybridized carbons (Fsp3) is 0.650. The van der Waals surface area contributed by atoms with Crippen LogP contribution < -0.4 is 0 Å². The van der Waals surface area contributed by atoms with Crippen molar-refractivity contribution >= 4 is 15.7 Å². The number of carbonyl (C=O) groups excluding carboxylic acids is 1. The van der Waals surface area contributed by atoms with Gasteiger partial charge >= 0.3 is 0 Å². The average Bonchev–Trinajstić information content (AvgIpc) is 2.80. The van der Waals surface area contributed by atoms with Gasteiger partial charge in [-0.1, -0.05) is 44.2 Å². The largest absolute Gasteiger partial charge is 0.340 e. The molecule has 1 aromatic carbocycles. The van der Waals surface area contributed by atoms with Crippen LogP contribution >= 0.6 is 0 Å². The van der Waals surface area contributed by atoms with Crippen molar-refractivity contribution in [1.82, 2.24) is 9.80 Å². The minimum atomic E-state index is -3.30. The van der Waals surface area contributed by atoms with Gasteiger partial charge in [-0.15, -0.1) is 0 Å². The Hall–Kier alpha value is -1.40. The van der Waals surface area contributed by atoms with E-state index in [4.69, 9.17) is 0 Å². The zero-order chi connectivity index (χ0) is 19.0. The zero-order valence-corrected chi connectivity index (χ0v) is 16.9. The summed E-state index contributed by atoms with van der Waals surface area (Å²) in [4.78, 5) is 16.5. The third-order valence-corrected chi connectivity index (χ3v) is 6.52. The van der Waals surface area contributed by atoms with E-state index in [9.17, 15) is 13.2 Å². The van der Waals surface area contributed by atoms with Crippen LogP contribution in [0, 0.1) is 5.92 Å². The molecule has 6 heteroatoms. The monoisotopic (exact) mass is 380 g/mol. The van der Waals surface area contributed by atoms with Gasteiger partial charge in [0.1, 0.15) is 5.75 Å². The van der Waals surface area contributed by atoms with Crippen LogP contribution in [0.2, 0.25) is 0 Å². The lowest BCUT2D eigenvalue weighted by Gasteiger charge is -2.22. The van der Waals surface area contributed by atoms with Crippen LogP contribution in [0.25, 0.3) is 0 Å². The highest BCUT2D eigenvalue weighted by Crippen LogP contribution is 2.09. The van der Waals surface area contributed by atoms with Gasteiger partial charge in [-0.05, 0) is 43.8 Å². The van der Waals surface area contributed by atoms with E-state index < -0.39 is 9.84 Å². The highest BCUT2D eigenvalue weighted by atomic mass is 32.2. The third-order valence-electron chi connectivity index (χ3n) is 4.65. The van der Waals surface area contributed by atoms with Crippen molar-refractivity contribution in [3.63, 3.8) is 0 Å². The molecule has 0 aromatic heterocycles. The van der Waals surface area contributed by atoms with Gasteiger partial charge in [-0.25, -0.2) is 8.42 Å². The summed E-state index contributed by atoms with van der Waals surface area (Å²) in [6.45, 7) is 7.82. The van der Waals surface area contributed by atoms with Crippen molar-refractivity contribution in [2.24, 2.45) is 5.92 Å². The van der Waals surface area contributed by atoms with E-state index in [1.54, 1.807) is 4.90 Å². The zero-order valence-electron chi connectivity index (χ0n) is 16.1. The lowest BCUT2D eigenvalue weighted by Crippen LogP contribution is -2.39. The van der Waals surface area contributed by atoms with Crippen LogP contribution in [0.1, 0.15) is 32.3 Å². The molecule has 0 bridgehead atoms. The Balaban J connectivity index is 1.75.